The Labute approximate surface area is 228 Å². The molecule has 5 rings (SSSR count). The van der Waals surface area contributed by atoms with Gasteiger partial charge in [0.15, 0.2) is 0 Å². The minimum absolute atomic E-state index is 0.0334. The van der Waals surface area contributed by atoms with Gasteiger partial charge in [-0.1, -0.05) is 31.5 Å². The van der Waals surface area contributed by atoms with Gasteiger partial charge in [-0.25, -0.2) is 4.79 Å². The first-order valence-electron chi connectivity index (χ1n) is 13.8. The van der Waals surface area contributed by atoms with Gasteiger partial charge in [-0.15, -0.1) is 0 Å². The summed E-state index contributed by atoms with van der Waals surface area (Å²) in [6.45, 7) is 2.72. The molecule has 1 N–H and O–H groups in total. The highest BCUT2D eigenvalue weighted by Gasteiger charge is 2.52. The predicted octanol–water partition coefficient (Wildman–Crippen LogP) is 5.63. The minimum atomic E-state index is -1.78. The summed E-state index contributed by atoms with van der Waals surface area (Å²) >= 11 is 0. The summed E-state index contributed by atoms with van der Waals surface area (Å²) in [5.41, 5.74) is 2.17. The standard InChI is InChI=1S/C30H36FN3O5/c1-4-30(2,31)39-21-16-12-19(13-17-21)28(37)34-24-10-6-5-8-22(24)27(23-9-7-11-25(23)34)33(20-14-15-20)29(38)32(3)18-26(35)36/h5-6,8,10,12-13,16-17,20,23,25,27H,4,7,9,11,14-15,18H2,1-3H3,(H,35,36). The van der Waals surface area contributed by atoms with Crippen molar-refractivity contribution in [3.63, 3.8) is 0 Å². The monoisotopic (exact) mass is 537 g/mol. The van der Waals surface area contributed by atoms with Crippen molar-refractivity contribution in [1.82, 2.24) is 9.80 Å². The molecule has 4 unspecified atom stereocenters. The van der Waals surface area contributed by atoms with Gasteiger partial charge in [0.2, 0.25) is 5.85 Å². The normalized spacial score (nSPS) is 23.3. The molecule has 1 heterocycles. The number of carbonyl (C=O) groups excluding carboxylic acids is 2. The van der Waals surface area contributed by atoms with E-state index in [0.29, 0.717) is 11.3 Å². The first-order chi connectivity index (χ1) is 18.6. The van der Waals surface area contributed by atoms with Crippen LogP contribution >= 0.6 is 0 Å². The average Bonchev–Trinajstić information content (AvgIpc) is 3.63. The van der Waals surface area contributed by atoms with Gasteiger partial charge in [-0.2, -0.15) is 4.39 Å². The number of likely N-dealkylation sites (N-methyl/N-ethyl adjacent to an activating group) is 1. The fraction of sp³-hybridized carbons (Fsp3) is 0.500. The lowest BCUT2D eigenvalue weighted by molar-refractivity contribution is -0.137. The molecule has 8 nitrogen and oxygen atoms in total. The van der Waals surface area contributed by atoms with Gasteiger partial charge in [-0.3, -0.25) is 9.59 Å². The highest BCUT2D eigenvalue weighted by Crippen LogP contribution is 2.53. The van der Waals surface area contributed by atoms with Crippen LogP contribution in [0.15, 0.2) is 48.5 Å². The van der Waals surface area contributed by atoms with Crippen LogP contribution in [0.5, 0.6) is 5.75 Å². The third-order valence-corrected chi connectivity index (χ3v) is 8.23. The lowest BCUT2D eigenvalue weighted by atomic mass is 9.81. The lowest BCUT2D eigenvalue weighted by Crippen LogP contribution is -2.55. The van der Waals surface area contributed by atoms with Crippen LogP contribution in [0.25, 0.3) is 0 Å². The molecule has 4 atom stereocenters. The van der Waals surface area contributed by atoms with Crippen LogP contribution in [0.4, 0.5) is 14.9 Å². The number of anilines is 1. The van der Waals surface area contributed by atoms with Crippen LogP contribution in [0.2, 0.25) is 0 Å². The van der Waals surface area contributed by atoms with E-state index in [2.05, 4.69) is 0 Å². The molecule has 2 aromatic carbocycles. The summed E-state index contributed by atoms with van der Waals surface area (Å²) in [5.74, 6) is -2.59. The van der Waals surface area contributed by atoms with E-state index in [1.54, 1.807) is 31.2 Å². The molecule has 9 heteroatoms. The molecule has 3 aliphatic rings. The van der Waals surface area contributed by atoms with Crippen LogP contribution in [-0.4, -0.2) is 64.3 Å². The Morgan fingerprint density at radius 3 is 2.41 bits per heavy atom. The minimum Gasteiger partial charge on any atom is -0.480 e. The van der Waals surface area contributed by atoms with E-state index in [1.807, 2.05) is 34.1 Å². The number of rotatable bonds is 8. The molecule has 0 saturated heterocycles. The van der Waals surface area contributed by atoms with Crippen molar-refractivity contribution in [2.75, 3.05) is 18.5 Å². The Hall–Kier alpha value is -3.62. The third-order valence-electron chi connectivity index (χ3n) is 8.23. The van der Waals surface area contributed by atoms with E-state index in [0.717, 1.165) is 43.4 Å². The molecule has 208 valence electrons. The van der Waals surface area contributed by atoms with E-state index in [9.17, 15) is 23.9 Å². The number of urea groups is 1. The number of hydrogen-bond donors (Lipinski definition) is 1. The van der Waals surface area contributed by atoms with Gasteiger partial charge in [0, 0.05) is 49.6 Å². The summed E-state index contributed by atoms with van der Waals surface area (Å²) < 4.78 is 19.8. The Morgan fingerprint density at radius 1 is 1.08 bits per heavy atom. The molecule has 2 aromatic rings. The van der Waals surface area contributed by atoms with Crippen LogP contribution in [0, 0.1) is 5.92 Å². The van der Waals surface area contributed by atoms with Crippen molar-refractivity contribution >= 4 is 23.6 Å². The largest absolute Gasteiger partial charge is 0.480 e. The average molecular weight is 538 g/mol. The lowest BCUT2D eigenvalue weighted by Gasteiger charge is -2.48. The summed E-state index contributed by atoms with van der Waals surface area (Å²) in [4.78, 5) is 44.0. The Kier molecular flexibility index (Phi) is 7.27. The number of carboxylic acid groups (broad SMARTS) is 1. The van der Waals surface area contributed by atoms with E-state index in [-0.39, 0.29) is 48.9 Å². The van der Waals surface area contributed by atoms with Crippen LogP contribution < -0.4 is 9.64 Å². The molecule has 0 bridgehead atoms. The van der Waals surface area contributed by atoms with Crippen molar-refractivity contribution in [2.45, 2.75) is 76.4 Å². The first kappa shape index (κ1) is 27.0. The second kappa shape index (κ2) is 10.5. The summed E-state index contributed by atoms with van der Waals surface area (Å²) in [6.07, 6.45) is 4.59. The number of carbonyl (C=O) groups is 3. The Balaban J connectivity index is 1.49. The van der Waals surface area contributed by atoms with Crippen molar-refractivity contribution in [3.8, 4) is 5.75 Å². The summed E-state index contributed by atoms with van der Waals surface area (Å²) in [5, 5.41) is 9.29. The third kappa shape index (κ3) is 5.31. The van der Waals surface area contributed by atoms with Crippen LogP contribution in [0.1, 0.15) is 74.3 Å². The van der Waals surface area contributed by atoms with Crippen molar-refractivity contribution in [3.05, 3.63) is 59.7 Å². The molecule has 1 aliphatic heterocycles. The number of alkyl halides is 1. The number of fused-ring (bicyclic) bond motifs is 2. The fourth-order valence-electron chi connectivity index (χ4n) is 6.09. The predicted molar refractivity (Wildman–Crippen MR) is 145 cm³/mol. The quantitative estimate of drug-likeness (QED) is 0.471. The highest BCUT2D eigenvalue weighted by atomic mass is 19.2. The number of nitrogens with zero attached hydrogens (tertiary/aromatic N) is 3. The molecular formula is C30H36FN3O5. The number of amides is 3. The maximum Gasteiger partial charge on any atom is 0.323 e. The van der Waals surface area contributed by atoms with Crippen molar-refractivity contribution in [2.24, 2.45) is 5.92 Å². The van der Waals surface area contributed by atoms with E-state index < -0.39 is 11.8 Å². The fourth-order valence-corrected chi connectivity index (χ4v) is 6.09. The molecule has 0 aromatic heterocycles. The molecule has 3 amide bonds. The highest BCUT2D eigenvalue weighted by molar-refractivity contribution is 6.07. The second-order valence-electron chi connectivity index (χ2n) is 11.1. The number of halogens is 1. The van der Waals surface area contributed by atoms with Crippen LogP contribution in [-0.2, 0) is 4.79 Å². The summed E-state index contributed by atoms with van der Waals surface area (Å²) in [7, 11) is 1.53. The van der Waals surface area contributed by atoms with Crippen molar-refractivity contribution < 1.29 is 28.6 Å². The van der Waals surface area contributed by atoms with Gasteiger partial charge >= 0.3 is 12.0 Å². The van der Waals surface area contributed by atoms with Gasteiger partial charge < -0.3 is 24.5 Å². The first-order valence-corrected chi connectivity index (χ1v) is 13.8. The second-order valence-corrected chi connectivity index (χ2v) is 11.1. The number of para-hydroxylation sites is 1. The maximum absolute atomic E-state index is 14.3. The number of benzene rings is 2. The van der Waals surface area contributed by atoms with Crippen LogP contribution in [0.3, 0.4) is 0 Å². The van der Waals surface area contributed by atoms with E-state index in [1.165, 1.54) is 18.9 Å². The number of hydrogen-bond acceptors (Lipinski definition) is 4. The maximum atomic E-state index is 14.3. The summed E-state index contributed by atoms with van der Waals surface area (Å²) in [6, 6.07) is 13.8. The molecule has 0 radical (unpaired) electrons. The zero-order chi connectivity index (χ0) is 27.9. The number of carboxylic acids is 1. The molecular weight excluding hydrogens is 501 g/mol. The number of ether oxygens (including phenoxy) is 1. The van der Waals surface area contributed by atoms with Gasteiger partial charge in [0.25, 0.3) is 5.91 Å². The molecule has 2 aliphatic carbocycles. The smallest absolute Gasteiger partial charge is 0.323 e. The number of aliphatic carboxylic acids is 1. The van der Waals surface area contributed by atoms with Gasteiger partial charge in [0.05, 0.1) is 6.04 Å². The SMILES string of the molecule is CCC(C)(F)Oc1ccc(C(=O)N2c3ccccc3C(N(C(=O)N(C)CC(=O)O)C3CC3)C3CCCC32)cc1. The van der Waals surface area contributed by atoms with Crippen molar-refractivity contribution in [1.29, 1.82) is 0 Å². The zero-order valence-electron chi connectivity index (χ0n) is 22.7. The molecule has 2 fully saturated rings. The molecule has 39 heavy (non-hydrogen) atoms. The zero-order valence-corrected chi connectivity index (χ0v) is 22.7. The topological polar surface area (TPSA) is 90.4 Å². The van der Waals surface area contributed by atoms with Gasteiger partial charge in [-0.05, 0) is 61.6 Å². The van der Waals surface area contributed by atoms with E-state index >= 15 is 0 Å². The Morgan fingerprint density at radius 2 is 1.77 bits per heavy atom. The molecule has 2 saturated carbocycles. The van der Waals surface area contributed by atoms with Gasteiger partial charge in [0.1, 0.15) is 12.3 Å². The molecule has 0 spiro atoms. The Bertz CT molecular complexity index is 1250. The van der Waals surface area contributed by atoms with E-state index in [4.69, 9.17) is 4.74 Å².